The van der Waals surface area contributed by atoms with E-state index < -0.39 is 30.1 Å². The summed E-state index contributed by atoms with van der Waals surface area (Å²) < 4.78 is 5.44. The number of nitrogens with zero attached hydrogens (tertiary/aromatic N) is 1. The fourth-order valence-electron chi connectivity index (χ4n) is 4.00. The highest BCUT2D eigenvalue weighted by atomic mass is 16.5. The Balaban J connectivity index is 1.33. The molecule has 33 heavy (non-hydrogen) atoms. The first-order valence-electron chi connectivity index (χ1n) is 10.6. The van der Waals surface area contributed by atoms with Crippen molar-refractivity contribution in [2.75, 3.05) is 6.61 Å². The highest BCUT2D eigenvalue weighted by Crippen LogP contribution is 2.44. The minimum Gasteiger partial charge on any atom is -0.480 e. The molecule has 9 heteroatoms. The number of benzene rings is 2. The lowest BCUT2D eigenvalue weighted by molar-refractivity contribution is -0.142. The van der Waals surface area contributed by atoms with Crippen molar-refractivity contribution in [3.05, 3.63) is 77.9 Å². The maximum absolute atomic E-state index is 12.4. The Morgan fingerprint density at radius 1 is 1.06 bits per heavy atom. The summed E-state index contributed by atoms with van der Waals surface area (Å²) in [4.78, 5) is 42.9. The molecule has 1 aromatic heterocycles. The fraction of sp³-hybridized carbons (Fsp3) is 0.250. The lowest BCUT2D eigenvalue weighted by Gasteiger charge is -2.19. The number of amides is 2. The number of imidazole rings is 1. The van der Waals surface area contributed by atoms with Gasteiger partial charge in [0.15, 0.2) is 0 Å². The van der Waals surface area contributed by atoms with E-state index in [1.807, 2.05) is 48.5 Å². The van der Waals surface area contributed by atoms with Crippen LogP contribution in [0.4, 0.5) is 4.79 Å². The van der Waals surface area contributed by atoms with Crippen LogP contribution in [0.15, 0.2) is 61.1 Å². The van der Waals surface area contributed by atoms with Crippen molar-refractivity contribution in [1.29, 1.82) is 0 Å². The number of aromatic nitrogens is 2. The van der Waals surface area contributed by atoms with Crippen LogP contribution in [-0.2, 0) is 20.7 Å². The first-order chi connectivity index (χ1) is 15.9. The molecule has 0 unspecified atom stereocenters. The van der Waals surface area contributed by atoms with Gasteiger partial charge in [-0.05, 0) is 29.2 Å². The molecule has 0 radical (unpaired) electrons. The number of carboxylic acid groups (broad SMARTS) is 1. The third-order valence-electron chi connectivity index (χ3n) is 5.66. The molecular weight excluding hydrogens is 424 g/mol. The Hall–Kier alpha value is -4.14. The topological polar surface area (TPSA) is 133 Å². The van der Waals surface area contributed by atoms with Crippen LogP contribution in [0, 0.1) is 0 Å². The highest BCUT2D eigenvalue weighted by Gasteiger charge is 2.30. The van der Waals surface area contributed by atoms with E-state index in [1.54, 1.807) is 0 Å². The molecule has 1 heterocycles. The van der Waals surface area contributed by atoms with E-state index in [-0.39, 0.29) is 18.9 Å². The summed E-state index contributed by atoms with van der Waals surface area (Å²) >= 11 is 0. The molecule has 4 N–H and O–H groups in total. The Bertz CT molecular complexity index is 1120. The number of hydrogen-bond acceptors (Lipinski definition) is 5. The predicted molar refractivity (Wildman–Crippen MR) is 120 cm³/mol. The number of carbonyl (C=O) groups excluding carboxylic acids is 2. The maximum Gasteiger partial charge on any atom is 0.407 e. The number of carboxylic acids is 1. The van der Waals surface area contributed by atoms with Crippen molar-refractivity contribution in [1.82, 2.24) is 20.6 Å². The minimum absolute atomic E-state index is 0.0404. The van der Waals surface area contributed by atoms with E-state index in [1.165, 1.54) is 19.4 Å². The van der Waals surface area contributed by atoms with Gasteiger partial charge in [-0.1, -0.05) is 48.5 Å². The van der Waals surface area contributed by atoms with Crippen LogP contribution in [0.25, 0.3) is 11.1 Å². The van der Waals surface area contributed by atoms with Gasteiger partial charge in [-0.25, -0.2) is 14.6 Å². The molecular formula is C24H24N4O5. The number of carbonyl (C=O) groups is 3. The lowest BCUT2D eigenvalue weighted by atomic mass is 9.98. The SMILES string of the molecule is C[C@@H](NC(=O)OCC1c2ccccc2-c2ccccc21)C(=O)N[C@@H](Cc1cnc[nH]1)C(=O)O. The van der Waals surface area contributed by atoms with Gasteiger partial charge in [0.1, 0.15) is 18.7 Å². The van der Waals surface area contributed by atoms with Gasteiger partial charge in [0, 0.05) is 24.2 Å². The number of aromatic amines is 1. The molecule has 0 saturated heterocycles. The Morgan fingerprint density at radius 2 is 1.70 bits per heavy atom. The Kier molecular flexibility index (Phi) is 6.39. The maximum atomic E-state index is 12.4. The summed E-state index contributed by atoms with van der Waals surface area (Å²) in [6.07, 6.45) is 2.20. The Labute approximate surface area is 190 Å². The molecule has 0 bridgehead atoms. The fourth-order valence-corrected chi connectivity index (χ4v) is 4.00. The van der Waals surface area contributed by atoms with Crippen LogP contribution >= 0.6 is 0 Å². The van der Waals surface area contributed by atoms with E-state index in [2.05, 4.69) is 20.6 Å². The smallest absolute Gasteiger partial charge is 0.407 e. The van der Waals surface area contributed by atoms with Crippen molar-refractivity contribution >= 4 is 18.0 Å². The lowest BCUT2D eigenvalue weighted by Crippen LogP contribution is -2.51. The zero-order valence-electron chi connectivity index (χ0n) is 17.9. The minimum atomic E-state index is -1.19. The molecule has 0 spiro atoms. The summed E-state index contributed by atoms with van der Waals surface area (Å²) in [5.41, 5.74) is 4.97. The average Bonchev–Trinajstić information content (AvgIpc) is 3.43. The van der Waals surface area contributed by atoms with Gasteiger partial charge in [-0.3, -0.25) is 4.79 Å². The zero-order chi connectivity index (χ0) is 23.4. The first kappa shape index (κ1) is 22.1. The van der Waals surface area contributed by atoms with Crippen molar-refractivity contribution in [3.63, 3.8) is 0 Å². The first-order valence-corrected chi connectivity index (χ1v) is 10.6. The van der Waals surface area contributed by atoms with Crippen molar-refractivity contribution in [2.24, 2.45) is 0 Å². The molecule has 0 aliphatic heterocycles. The van der Waals surface area contributed by atoms with Crippen molar-refractivity contribution < 1.29 is 24.2 Å². The van der Waals surface area contributed by atoms with Gasteiger partial charge in [-0.2, -0.15) is 0 Å². The molecule has 2 atom stereocenters. The number of alkyl carbamates (subject to hydrolysis) is 1. The molecule has 9 nitrogen and oxygen atoms in total. The van der Waals surface area contributed by atoms with Gasteiger partial charge >= 0.3 is 12.1 Å². The molecule has 1 aliphatic rings. The van der Waals surface area contributed by atoms with Crippen LogP contribution in [0.1, 0.15) is 29.7 Å². The van der Waals surface area contributed by atoms with Crippen molar-refractivity contribution in [3.8, 4) is 11.1 Å². The molecule has 1 aliphatic carbocycles. The summed E-state index contributed by atoms with van der Waals surface area (Å²) in [5.74, 6) is -1.92. The van der Waals surface area contributed by atoms with Crippen LogP contribution in [-0.4, -0.2) is 51.7 Å². The van der Waals surface area contributed by atoms with Crippen LogP contribution < -0.4 is 10.6 Å². The van der Waals surface area contributed by atoms with Gasteiger partial charge in [0.2, 0.25) is 5.91 Å². The summed E-state index contributed by atoms with van der Waals surface area (Å²) in [5, 5.41) is 14.3. The second-order valence-corrected chi connectivity index (χ2v) is 7.87. The third-order valence-corrected chi connectivity index (χ3v) is 5.66. The predicted octanol–water partition coefficient (Wildman–Crippen LogP) is 2.45. The number of H-pyrrole nitrogens is 1. The van der Waals surface area contributed by atoms with Crippen LogP contribution in [0.3, 0.4) is 0 Å². The van der Waals surface area contributed by atoms with Crippen LogP contribution in [0.5, 0.6) is 0 Å². The van der Waals surface area contributed by atoms with Gasteiger partial charge in [0.25, 0.3) is 0 Å². The third kappa shape index (κ3) is 4.87. The quantitative estimate of drug-likeness (QED) is 0.418. The van der Waals surface area contributed by atoms with Crippen LogP contribution in [0.2, 0.25) is 0 Å². The molecule has 3 aromatic rings. The number of fused-ring (bicyclic) bond motifs is 3. The summed E-state index contributed by atoms with van der Waals surface area (Å²) in [6.45, 7) is 1.58. The van der Waals surface area contributed by atoms with E-state index in [4.69, 9.17) is 4.74 Å². The largest absolute Gasteiger partial charge is 0.480 e. The second kappa shape index (κ2) is 9.56. The summed E-state index contributed by atoms with van der Waals surface area (Å²) in [7, 11) is 0. The van der Waals surface area contributed by atoms with Crippen molar-refractivity contribution in [2.45, 2.75) is 31.3 Å². The monoisotopic (exact) mass is 448 g/mol. The number of hydrogen-bond donors (Lipinski definition) is 4. The van der Waals surface area contributed by atoms with Gasteiger partial charge < -0.3 is 25.5 Å². The average molecular weight is 448 g/mol. The van der Waals surface area contributed by atoms with E-state index >= 15 is 0 Å². The van der Waals surface area contributed by atoms with Gasteiger partial charge in [-0.15, -0.1) is 0 Å². The number of nitrogens with one attached hydrogen (secondary N) is 3. The number of aliphatic carboxylic acids is 1. The van der Waals surface area contributed by atoms with E-state index in [0.29, 0.717) is 5.69 Å². The molecule has 170 valence electrons. The molecule has 2 amide bonds. The van der Waals surface area contributed by atoms with E-state index in [9.17, 15) is 19.5 Å². The van der Waals surface area contributed by atoms with E-state index in [0.717, 1.165) is 22.3 Å². The Morgan fingerprint density at radius 3 is 2.27 bits per heavy atom. The molecule has 0 fully saturated rings. The zero-order valence-corrected chi connectivity index (χ0v) is 17.9. The summed E-state index contributed by atoms with van der Waals surface area (Å²) in [6, 6.07) is 13.8. The molecule has 0 saturated carbocycles. The second-order valence-electron chi connectivity index (χ2n) is 7.87. The standard InChI is InChI=1S/C24H24N4O5/c1-14(22(29)28-21(23(30)31)10-15-11-25-13-26-15)27-24(32)33-12-20-18-8-4-2-6-16(18)17-7-3-5-9-19(17)20/h2-9,11,13-14,20-21H,10,12H2,1H3,(H,25,26)(H,27,32)(H,28,29)(H,30,31)/t14-,21+/m1/s1. The van der Waals surface area contributed by atoms with Gasteiger partial charge in [0.05, 0.1) is 6.33 Å². The normalized spacial score (nSPS) is 14.0. The molecule has 4 rings (SSSR count). The number of rotatable bonds is 8. The highest BCUT2D eigenvalue weighted by molar-refractivity contribution is 5.89. The number of ether oxygens (including phenoxy) is 1. The molecule has 2 aromatic carbocycles.